The van der Waals surface area contributed by atoms with Crippen LogP contribution >= 0.6 is 0 Å². The Morgan fingerprint density at radius 1 is 1.17 bits per heavy atom. The van der Waals surface area contributed by atoms with Gasteiger partial charge in [0.05, 0.1) is 31.9 Å². The van der Waals surface area contributed by atoms with Gasteiger partial charge in [-0.15, -0.1) is 0 Å². The van der Waals surface area contributed by atoms with Crippen molar-refractivity contribution in [1.29, 1.82) is 0 Å². The minimum Gasteiger partial charge on any atom is -0.497 e. The minimum absolute atomic E-state index is 0.328. The van der Waals surface area contributed by atoms with Crippen molar-refractivity contribution in [3.63, 3.8) is 0 Å². The lowest BCUT2D eigenvalue weighted by Gasteiger charge is -2.21. The van der Waals surface area contributed by atoms with Gasteiger partial charge in [-0.1, -0.05) is 19.4 Å². The van der Waals surface area contributed by atoms with E-state index in [1.165, 1.54) is 13.3 Å². The Balaban J connectivity index is 1.97. The third kappa shape index (κ3) is 7.40. The Kier molecular flexibility index (Phi) is 8.67. The van der Waals surface area contributed by atoms with E-state index in [0.717, 1.165) is 34.7 Å². The molecule has 0 aliphatic heterocycles. The molecule has 2 aromatic rings. The summed E-state index contributed by atoms with van der Waals surface area (Å²) in [5.74, 6) is 0.687. The van der Waals surface area contributed by atoms with Crippen molar-refractivity contribution in [2.24, 2.45) is 5.10 Å². The lowest BCUT2D eigenvalue weighted by Crippen LogP contribution is -2.39. The molecule has 0 unspecified atom stereocenters. The van der Waals surface area contributed by atoms with Crippen LogP contribution in [0.4, 0.5) is 5.69 Å². The van der Waals surface area contributed by atoms with Gasteiger partial charge in [0, 0.05) is 6.07 Å². The Morgan fingerprint density at radius 2 is 1.90 bits per heavy atom. The zero-order valence-electron chi connectivity index (χ0n) is 17.4. The van der Waals surface area contributed by atoms with Crippen molar-refractivity contribution in [2.75, 3.05) is 30.8 Å². The van der Waals surface area contributed by atoms with Gasteiger partial charge in [-0.3, -0.25) is 9.10 Å². The van der Waals surface area contributed by atoms with Gasteiger partial charge in [0.2, 0.25) is 10.0 Å². The Bertz CT molecular complexity index is 959. The molecule has 30 heavy (non-hydrogen) atoms. The van der Waals surface area contributed by atoms with Crippen LogP contribution in [0.3, 0.4) is 0 Å². The fourth-order valence-corrected chi connectivity index (χ4v) is 3.34. The van der Waals surface area contributed by atoms with Gasteiger partial charge < -0.3 is 9.47 Å². The molecule has 0 saturated carbocycles. The summed E-state index contributed by atoms with van der Waals surface area (Å²) in [6, 6.07) is 13.8. The SMILES string of the molecule is CCCCOc1ccc(/C=N\NC(=O)CN(c2cccc(OC)c2)S(C)(=O)=O)cc1. The minimum atomic E-state index is -3.68. The molecular weight excluding hydrogens is 406 g/mol. The molecule has 2 aromatic carbocycles. The van der Waals surface area contributed by atoms with Crippen molar-refractivity contribution >= 4 is 27.8 Å². The molecule has 0 aromatic heterocycles. The van der Waals surface area contributed by atoms with Crippen LogP contribution in [0, 0.1) is 0 Å². The zero-order valence-corrected chi connectivity index (χ0v) is 18.2. The number of hydrogen-bond donors (Lipinski definition) is 1. The number of nitrogens with one attached hydrogen (secondary N) is 1. The number of benzene rings is 2. The van der Waals surface area contributed by atoms with Crippen LogP contribution in [0.2, 0.25) is 0 Å². The van der Waals surface area contributed by atoms with Crippen LogP contribution in [0.15, 0.2) is 53.6 Å². The largest absolute Gasteiger partial charge is 0.497 e. The third-order valence-corrected chi connectivity index (χ3v) is 5.22. The predicted octanol–water partition coefficient (Wildman–Crippen LogP) is 2.79. The number of unbranched alkanes of at least 4 members (excludes halogenated alkanes) is 1. The van der Waals surface area contributed by atoms with Crippen LogP contribution in [-0.4, -0.2) is 47.1 Å². The number of hydrazone groups is 1. The van der Waals surface area contributed by atoms with E-state index in [4.69, 9.17) is 9.47 Å². The first kappa shape index (κ1) is 23.2. The van der Waals surface area contributed by atoms with E-state index in [1.807, 2.05) is 24.3 Å². The molecule has 0 bridgehead atoms. The average Bonchev–Trinajstić information content (AvgIpc) is 2.72. The lowest BCUT2D eigenvalue weighted by atomic mass is 10.2. The van der Waals surface area contributed by atoms with E-state index in [-0.39, 0.29) is 0 Å². The van der Waals surface area contributed by atoms with Crippen molar-refractivity contribution < 1.29 is 22.7 Å². The summed E-state index contributed by atoms with van der Waals surface area (Å²) in [6.07, 6.45) is 4.58. The molecule has 0 aliphatic carbocycles. The normalized spacial score (nSPS) is 11.3. The highest BCUT2D eigenvalue weighted by Crippen LogP contribution is 2.22. The summed E-state index contributed by atoms with van der Waals surface area (Å²) >= 11 is 0. The van der Waals surface area contributed by atoms with Gasteiger partial charge in [-0.25, -0.2) is 13.8 Å². The topological polar surface area (TPSA) is 97.3 Å². The van der Waals surface area contributed by atoms with Crippen LogP contribution in [-0.2, 0) is 14.8 Å². The summed E-state index contributed by atoms with van der Waals surface area (Å²) < 4.78 is 36.0. The molecule has 1 amide bonds. The number of amides is 1. The van der Waals surface area contributed by atoms with E-state index in [0.29, 0.717) is 18.0 Å². The maximum atomic E-state index is 12.2. The molecule has 0 heterocycles. The highest BCUT2D eigenvalue weighted by molar-refractivity contribution is 7.92. The predicted molar refractivity (Wildman–Crippen MR) is 118 cm³/mol. The van der Waals surface area contributed by atoms with Gasteiger partial charge in [-0.2, -0.15) is 5.10 Å². The fourth-order valence-electron chi connectivity index (χ4n) is 2.49. The summed E-state index contributed by atoms with van der Waals surface area (Å²) in [6.45, 7) is 2.36. The van der Waals surface area contributed by atoms with Gasteiger partial charge >= 0.3 is 0 Å². The monoisotopic (exact) mass is 433 g/mol. The molecule has 1 N–H and O–H groups in total. The van der Waals surface area contributed by atoms with E-state index in [1.54, 1.807) is 24.3 Å². The van der Waals surface area contributed by atoms with Gasteiger partial charge in [0.15, 0.2) is 0 Å². The average molecular weight is 434 g/mol. The highest BCUT2D eigenvalue weighted by Gasteiger charge is 2.21. The van der Waals surface area contributed by atoms with Crippen molar-refractivity contribution in [2.45, 2.75) is 19.8 Å². The molecule has 0 spiro atoms. The molecule has 0 saturated heterocycles. The van der Waals surface area contributed by atoms with E-state index in [2.05, 4.69) is 17.5 Å². The first-order chi connectivity index (χ1) is 14.3. The number of nitrogens with zero attached hydrogens (tertiary/aromatic N) is 2. The molecule has 8 nitrogen and oxygen atoms in total. The molecular formula is C21H27N3O5S. The van der Waals surface area contributed by atoms with Crippen LogP contribution < -0.4 is 19.2 Å². The second-order valence-corrected chi connectivity index (χ2v) is 8.44. The molecule has 9 heteroatoms. The fraction of sp³-hybridized carbons (Fsp3) is 0.333. The van der Waals surface area contributed by atoms with E-state index >= 15 is 0 Å². The maximum Gasteiger partial charge on any atom is 0.260 e. The first-order valence-electron chi connectivity index (χ1n) is 9.50. The first-order valence-corrected chi connectivity index (χ1v) is 11.3. The number of ether oxygens (including phenoxy) is 2. The Hall–Kier alpha value is -3.07. The van der Waals surface area contributed by atoms with Gasteiger partial charge in [0.25, 0.3) is 5.91 Å². The second-order valence-electron chi connectivity index (χ2n) is 6.54. The number of sulfonamides is 1. The zero-order chi connectivity index (χ0) is 22.0. The summed E-state index contributed by atoms with van der Waals surface area (Å²) in [5.41, 5.74) is 3.45. The third-order valence-electron chi connectivity index (χ3n) is 4.08. The Labute approximate surface area is 177 Å². The molecule has 162 valence electrons. The molecule has 0 radical (unpaired) electrons. The molecule has 0 aliphatic rings. The van der Waals surface area contributed by atoms with E-state index < -0.39 is 22.5 Å². The summed E-state index contributed by atoms with van der Waals surface area (Å²) in [7, 11) is -2.20. The number of carbonyl (C=O) groups excluding carboxylic acids is 1. The second kappa shape index (κ2) is 11.2. The Morgan fingerprint density at radius 3 is 2.53 bits per heavy atom. The van der Waals surface area contributed by atoms with Crippen LogP contribution in [0.25, 0.3) is 0 Å². The van der Waals surface area contributed by atoms with E-state index in [9.17, 15) is 13.2 Å². The highest BCUT2D eigenvalue weighted by atomic mass is 32.2. The van der Waals surface area contributed by atoms with Crippen molar-refractivity contribution in [1.82, 2.24) is 5.43 Å². The number of anilines is 1. The number of carbonyl (C=O) groups is 1. The summed E-state index contributed by atoms with van der Waals surface area (Å²) in [4.78, 5) is 12.2. The summed E-state index contributed by atoms with van der Waals surface area (Å²) in [5, 5.41) is 3.90. The van der Waals surface area contributed by atoms with Crippen molar-refractivity contribution in [3.05, 3.63) is 54.1 Å². The molecule has 0 fully saturated rings. The van der Waals surface area contributed by atoms with Gasteiger partial charge in [-0.05, 0) is 48.4 Å². The number of rotatable bonds is 11. The van der Waals surface area contributed by atoms with Gasteiger partial charge in [0.1, 0.15) is 18.0 Å². The van der Waals surface area contributed by atoms with Crippen LogP contribution in [0.1, 0.15) is 25.3 Å². The van der Waals surface area contributed by atoms with Crippen LogP contribution in [0.5, 0.6) is 11.5 Å². The number of hydrogen-bond acceptors (Lipinski definition) is 6. The maximum absolute atomic E-state index is 12.2. The quantitative estimate of drug-likeness (QED) is 0.334. The lowest BCUT2D eigenvalue weighted by molar-refractivity contribution is -0.119. The smallest absolute Gasteiger partial charge is 0.260 e. The molecule has 2 rings (SSSR count). The standard InChI is InChI=1S/C21H27N3O5S/c1-4-5-13-29-19-11-9-17(10-12-19)15-22-23-21(25)16-24(30(3,26)27)18-7-6-8-20(14-18)28-2/h6-12,14-15H,4-5,13,16H2,1-3H3,(H,23,25)/b22-15-. The molecule has 0 atom stereocenters. The number of methoxy groups -OCH3 is 1. The van der Waals surface area contributed by atoms with Crippen molar-refractivity contribution in [3.8, 4) is 11.5 Å².